The van der Waals surface area contributed by atoms with Crippen molar-refractivity contribution in [3.8, 4) is 0 Å². The predicted molar refractivity (Wildman–Crippen MR) is 94.9 cm³/mol. The molecule has 0 saturated carbocycles. The van der Waals surface area contributed by atoms with Crippen molar-refractivity contribution in [1.29, 1.82) is 0 Å². The molecule has 2 aromatic heterocycles. The van der Waals surface area contributed by atoms with E-state index in [1.807, 2.05) is 20.8 Å². The number of benzene rings is 1. The van der Waals surface area contributed by atoms with Gasteiger partial charge in [0.1, 0.15) is 0 Å². The van der Waals surface area contributed by atoms with E-state index in [-0.39, 0.29) is 11.9 Å². The van der Waals surface area contributed by atoms with E-state index in [4.69, 9.17) is 0 Å². The van der Waals surface area contributed by atoms with Gasteiger partial charge in [0.25, 0.3) is 5.91 Å². The van der Waals surface area contributed by atoms with Gasteiger partial charge in [0.15, 0.2) is 17.3 Å². The van der Waals surface area contributed by atoms with Crippen LogP contribution in [0.2, 0.25) is 0 Å². The standard InChI is InChI=1S/C19H20F2N4O/c1-10(2)25-18-15(9-22-25)14(7-11(3)23-18)19(26)24-12(4)13-5-6-16(20)17(21)8-13/h5-10,12H,1-4H3,(H,24,26). The number of aryl methyl sites for hydroxylation is 1. The number of nitrogens with zero attached hydrogens (tertiary/aromatic N) is 3. The van der Waals surface area contributed by atoms with Crippen LogP contribution in [-0.4, -0.2) is 20.7 Å². The number of hydrogen-bond donors (Lipinski definition) is 1. The largest absolute Gasteiger partial charge is 0.345 e. The van der Waals surface area contributed by atoms with Crippen molar-refractivity contribution in [3.05, 3.63) is 58.9 Å². The molecule has 3 rings (SSSR count). The molecule has 1 amide bonds. The summed E-state index contributed by atoms with van der Waals surface area (Å²) >= 11 is 0. The highest BCUT2D eigenvalue weighted by atomic mass is 19.2. The van der Waals surface area contributed by atoms with Crippen LogP contribution in [0.15, 0.2) is 30.5 Å². The fourth-order valence-electron chi connectivity index (χ4n) is 2.85. The molecule has 3 aromatic rings. The quantitative estimate of drug-likeness (QED) is 0.764. The first kappa shape index (κ1) is 18.0. The number of pyridine rings is 1. The molecule has 136 valence electrons. The van der Waals surface area contributed by atoms with Gasteiger partial charge >= 0.3 is 0 Å². The van der Waals surface area contributed by atoms with Crippen LogP contribution in [0.25, 0.3) is 11.0 Å². The fourth-order valence-corrected chi connectivity index (χ4v) is 2.85. The number of carbonyl (C=O) groups is 1. The SMILES string of the molecule is Cc1cc(C(=O)NC(C)c2ccc(F)c(F)c2)c2cnn(C(C)C)c2n1. The lowest BCUT2D eigenvalue weighted by Crippen LogP contribution is -2.27. The Labute approximate surface area is 150 Å². The number of aromatic nitrogens is 3. The Hall–Kier alpha value is -2.83. The van der Waals surface area contributed by atoms with Crippen molar-refractivity contribution < 1.29 is 13.6 Å². The third kappa shape index (κ3) is 3.29. The second-order valence-electron chi connectivity index (χ2n) is 6.60. The molecule has 0 saturated heterocycles. The van der Waals surface area contributed by atoms with Gasteiger partial charge in [-0.05, 0) is 51.5 Å². The van der Waals surface area contributed by atoms with Gasteiger partial charge in [0.05, 0.1) is 23.2 Å². The average molecular weight is 358 g/mol. The summed E-state index contributed by atoms with van der Waals surface area (Å²) < 4.78 is 28.3. The molecule has 1 aromatic carbocycles. The van der Waals surface area contributed by atoms with Crippen LogP contribution in [0.4, 0.5) is 8.78 Å². The Morgan fingerprint density at radius 1 is 1.15 bits per heavy atom. The normalized spacial score (nSPS) is 12.6. The van der Waals surface area contributed by atoms with Crippen LogP contribution in [0.5, 0.6) is 0 Å². The molecule has 7 heteroatoms. The Morgan fingerprint density at radius 3 is 2.54 bits per heavy atom. The summed E-state index contributed by atoms with van der Waals surface area (Å²) in [5.74, 6) is -2.18. The van der Waals surface area contributed by atoms with Crippen LogP contribution in [0, 0.1) is 18.6 Å². The van der Waals surface area contributed by atoms with Crippen molar-refractivity contribution in [2.75, 3.05) is 0 Å². The van der Waals surface area contributed by atoms with Crippen molar-refractivity contribution in [1.82, 2.24) is 20.1 Å². The zero-order valence-electron chi connectivity index (χ0n) is 15.0. The minimum absolute atomic E-state index is 0.110. The molecule has 0 spiro atoms. The monoisotopic (exact) mass is 358 g/mol. The maximum absolute atomic E-state index is 13.4. The van der Waals surface area contributed by atoms with Crippen LogP contribution in [-0.2, 0) is 0 Å². The van der Waals surface area contributed by atoms with Crippen molar-refractivity contribution >= 4 is 16.9 Å². The van der Waals surface area contributed by atoms with Crippen LogP contribution < -0.4 is 5.32 Å². The second-order valence-corrected chi connectivity index (χ2v) is 6.60. The Bertz CT molecular complexity index is 981. The van der Waals surface area contributed by atoms with E-state index in [9.17, 15) is 13.6 Å². The number of halogens is 2. The first-order valence-electron chi connectivity index (χ1n) is 8.38. The molecule has 0 aliphatic rings. The lowest BCUT2D eigenvalue weighted by atomic mass is 10.1. The maximum atomic E-state index is 13.4. The molecule has 0 fully saturated rings. The van der Waals surface area contributed by atoms with Gasteiger partial charge < -0.3 is 5.32 Å². The summed E-state index contributed by atoms with van der Waals surface area (Å²) in [4.78, 5) is 17.3. The molecule has 0 aliphatic heterocycles. The number of rotatable bonds is 4. The lowest BCUT2D eigenvalue weighted by molar-refractivity contribution is 0.0941. The van der Waals surface area contributed by atoms with E-state index in [0.29, 0.717) is 27.9 Å². The number of carbonyl (C=O) groups excluding carboxylic acids is 1. The minimum Gasteiger partial charge on any atom is -0.345 e. The van der Waals surface area contributed by atoms with Gasteiger partial charge in [-0.1, -0.05) is 6.07 Å². The van der Waals surface area contributed by atoms with E-state index >= 15 is 0 Å². The number of fused-ring (bicyclic) bond motifs is 1. The molecule has 1 N–H and O–H groups in total. The highest BCUT2D eigenvalue weighted by Gasteiger charge is 2.19. The molecule has 26 heavy (non-hydrogen) atoms. The molecule has 1 atom stereocenters. The van der Waals surface area contributed by atoms with Gasteiger partial charge in [-0.3, -0.25) is 4.79 Å². The summed E-state index contributed by atoms with van der Waals surface area (Å²) in [7, 11) is 0. The highest BCUT2D eigenvalue weighted by Crippen LogP contribution is 2.22. The Morgan fingerprint density at radius 2 is 1.88 bits per heavy atom. The van der Waals surface area contributed by atoms with Gasteiger partial charge in [0.2, 0.25) is 0 Å². The van der Waals surface area contributed by atoms with Crippen LogP contribution >= 0.6 is 0 Å². The van der Waals surface area contributed by atoms with Crippen molar-refractivity contribution in [2.45, 2.75) is 39.8 Å². The van der Waals surface area contributed by atoms with Crippen LogP contribution in [0.1, 0.15) is 54.5 Å². The van der Waals surface area contributed by atoms with E-state index in [0.717, 1.165) is 12.1 Å². The molecule has 0 bridgehead atoms. The summed E-state index contributed by atoms with van der Waals surface area (Å²) in [5, 5.41) is 7.80. The van der Waals surface area contributed by atoms with Gasteiger partial charge in [0, 0.05) is 11.7 Å². The third-order valence-electron chi connectivity index (χ3n) is 4.22. The zero-order valence-corrected chi connectivity index (χ0v) is 15.0. The molecular weight excluding hydrogens is 338 g/mol. The minimum atomic E-state index is -0.941. The van der Waals surface area contributed by atoms with Gasteiger partial charge in [-0.15, -0.1) is 0 Å². The zero-order chi connectivity index (χ0) is 19.0. The Kier molecular flexibility index (Phi) is 4.71. The lowest BCUT2D eigenvalue weighted by Gasteiger charge is -2.15. The average Bonchev–Trinajstić information content (AvgIpc) is 3.00. The molecule has 0 aliphatic carbocycles. The van der Waals surface area contributed by atoms with E-state index in [2.05, 4.69) is 15.4 Å². The second kappa shape index (κ2) is 6.82. The van der Waals surface area contributed by atoms with E-state index in [1.165, 1.54) is 6.07 Å². The van der Waals surface area contributed by atoms with E-state index < -0.39 is 17.7 Å². The first-order chi connectivity index (χ1) is 12.3. The van der Waals surface area contributed by atoms with Gasteiger partial charge in [-0.2, -0.15) is 5.10 Å². The number of hydrogen-bond acceptors (Lipinski definition) is 3. The third-order valence-corrected chi connectivity index (χ3v) is 4.22. The molecule has 5 nitrogen and oxygen atoms in total. The number of amides is 1. The summed E-state index contributed by atoms with van der Waals surface area (Å²) in [5.41, 5.74) is 2.28. The summed E-state index contributed by atoms with van der Waals surface area (Å²) in [6.07, 6.45) is 1.62. The Balaban J connectivity index is 1.93. The topological polar surface area (TPSA) is 59.8 Å². The fraction of sp³-hybridized carbons (Fsp3) is 0.316. The summed E-state index contributed by atoms with van der Waals surface area (Å²) in [6, 6.07) is 4.91. The van der Waals surface area contributed by atoms with E-state index in [1.54, 1.807) is 23.9 Å². The van der Waals surface area contributed by atoms with Crippen molar-refractivity contribution in [3.63, 3.8) is 0 Å². The maximum Gasteiger partial charge on any atom is 0.252 e. The first-order valence-corrected chi connectivity index (χ1v) is 8.38. The van der Waals surface area contributed by atoms with Gasteiger partial charge in [-0.25, -0.2) is 18.4 Å². The highest BCUT2D eigenvalue weighted by molar-refractivity contribution is 6.05. The number of nitrogens with one attached hydrogen (secondary N) is 1. The van der Waals surface area contributed by atoms with Crippen molar-refractivity contribution in [2.24, 2.45) is 0 Å². The smallest absolute Gasteiger partial charge is 0.252 e. The predicted octanol–water partition coefficient (Wildman–Crippen LogP) is 4.09. The molecular formula is C19H20F2N4O. The molecule has 2 heterocycles. The molecule has 0 radical (unpaired) electrons. The van der Waals surface area contributed by atoms with Crippen LogP contribution in [0.3, 0.4) is 0 Å². The summed E-state index contributed by atoms with van der Waals surface area (Å²) in [6.45, 7) is 7.50. The molecule has 1 unspecified atom stereocenters.